The van der Waals surface area contributed by atoms with Gasteiger partial charge in [0.15, 0.2) is 11.6 Å². The molecule has 0 aliphatic rings. The molecule has 1 aromatic heterocycles. The summed E-state index contributed by atoms with van der Waals surface area (Å²) >= 11 is 0. The van der Waals surface area contributed by atoms with Crippen LogP contribution in [0.15, 0.2) is 12.3 Å². The van der Waals surface area contributed by atoms with Crippen LogP contribution in [0.2, 0.25) is 0 Å². The Labute approximate surface area is 68.8 Å². The average Bonchev–Trinajstić information content (AvgIpc) is 1.95. The van der Waals surface area contributed by atoms with Gasteiger partial charge >= 0.3 is 0 Å². The molecular formula is C6H7ClF2N2. The maximum Gasteiger partial charge on any atom is 0.177 e. The van der Waals surface area contributed by atoms with E-state index in [0.29, 0.717) is 5.69 Å². The molecule has 5 heteroatoms. The first kappa shape index (κ1) is 10.3. The summed E-state index contributed by atoms with van der Waals surface area (Å²) in [6.07, 6.45) is 0.817. The SMILES string of the molecule is Cl.NCc1cc(F)c(F)cn1. The molecule has 0 spiro atoms. The fraction of sp³-hybridized carbons (Fsp3) is 0.167. The number of hydrogen-bond donors (Lipinski definition) is 1. The molecule has 0 saturated carbocycles. The highest BCUT2D eigenvalue weighted by atomic mass is 35.5. The minimum Gasteiger partial charge on any atom is -0.325 e. The van der Waals surface area contributed by atoms with Gasteiger partial charge in [-0.3, -0.25) is 4.98 Å². The fourth-order valence-electron chi connectivity index (χ4n) is 0.565. The third kappa shape index (κ3) is 2.40. The lowest BCUT2D eigenvalue weighted by molar-refractivity contribution is 0.501. The van der Waals surface area contributed by atoms with Crippen LogP contribution in [0.25, 0.3) is 0 Å². The molecule has 2 N–H and O–H groups in total. The van der Waals surface area contributed by atoms with E-state index in [1.165, 1.54) is 0 Å². The molecule has 0 fully saturated rings. The standard InChI is InChI=1S/C6H6F2N2.ClH/c7-5-1-4(2-9)10-3-6(5)8;/h1,3H,2,9H2;1H. The number of pyridine rings is 1. The van der Waals surface area contributed by atoms with Crippen LogP contribution in [-0.4, -0.2) is 4.98 Å². The molecule has 0 unspecified atom stereocenters. The Bertz CT molecular complexity index is 242. The van der Waals surface area contributed by atoms with Gasteiger partial charge in [-0.2, -0.15) is 0 Å². The number of aromatic nitrogens is 1. The fourth-order valence-corrected chi connectivity index (χ4v) is 0.565. The van der Waals surface area contributed by atoms with Gasteiger partial charge in [0, 0.05) is 6.54 Å². The lowest BCUT2D eigenvalue weighted by Gasteiger charge is -1.94. The molecule has 2 nitrogen and oxygen atoms in total. The summed E-state index contributed by atoms with van der Waals surface area (Å²) in [5, 5.41) is 0. The quantitative estimate of drug-likeness (QED) is 0.706. The molecule has 0 amide bonds. The van der Waals surface area contributed by atoms with E-state index in [1.54, 1.807) is 0 Å². The molecule has 11 heavy (non-hydrogen) atoms. The van der Waals surface area contributed by atoms with Crippen molar-refractivity contribution in [2.45, 2.75) is 6.54 Å². The number of nitrogens with zero attached hydrogens (tertiary/aromatic N) is 1. The Morgan fingerprint density at radius 3 is 2.45 bits per heavy atom. The normalized spacial score (nSPS) is 9.00. The molecule has 0 atom stereocenters. The van der Waals surface area contributed by atoms with Gasteiger partial charge in [0.25, 0.3) is 0 Å². The van der Waals surface area contributed by atoms with Gasteiger partial charge in [0.05, 0.1) is 11.9 Å². The molecule has 0 radical (unpaired) electrons. The monoisotopic (exact) mass is 180 g/mol. The average molecular weight is 181 g/mol. The summed E-state index contributed by atoms with van der Waals surface area (Å²) in [4.78, 5) is 3.52. The van der Waals surface area contributed by atoms with Crippen LogP contribution in [0.3, 0.4) is 0 Å². The molecular weight excluding hydrogens is 174 g/mol. The minimum absolute atomic E-state index is 0. The van der Waals surface area contributed by atoms with Gasteiger partial charge < -0.3 is 5.73 Å². The first-order valence-electron chi connectivity index (χ1n) is 2.74. The van der Waals surface area contributed by atoms with E-state index in [0.717, 1.165) is 12.3 Å². The Kier molecular flexibility index (Phi) is 3.92. The lowest BCUT2D eigenvalue weighted by atomic mass is 10.3. The first-order valence-corrected chi connectivity index (χ1v) is 2.74. The van der Waals surface area contributed by atoms with Crippen molar-refractivity contribution in [2.75, 3.05) is 0 Å². The van der Waals surface area contributed by atoms with E-state index in [4.69, 9.17) is 5.73 Å². The van der Waals surface area contributed by atoms with Gasteiger partial charge in [0.1, 0.15) is 0 Å². The van der Waals surface area contributed by atoms with Gasteiger partial charge in [-0.25, -0.2) is 8.78 Å². The molecule has 1 aromatic rings. The smallest absolute Gasteiger partial charge is 0.177 e. The van der Waals surface area contributed by atoms with E-state index in [2.05, 4.69) is 4.98 Å². The van der Waals surface area contributed by atoms with Gasteiger partial charge in [-0.05, 0) is 6.07 Å². The first-order chi connectivity index (χ1) is 4.74. The summed E-state index contributed by atoms with van der Waals surface area (Å²) in [5.74, 6) is -1.85. The van der Waals surface area contributed by atoms with Gasteiger partial charge in [-0.1, -0.05) is 0 Å². The lowest BCUT2D eigenvalue weighted by Crippen LogP contribution is -2.00. The minimum atomic E-state index is -0.947. The van der Waals surface area contributed by atoms with Crippen LogP contribution >= 0.6 is 12.4 Å². The van der Waals surface area contributed by atoms with Crippen molar-refractivity contribution in [3.63, 3.8) is 0 Å². The van der Waals surface area contributed by atoms with Crippen LogP contribution in [0.5, 0.6) is 0 Å². The highest BCUT2D eigenvalue weighted by Crippen LogP contribution is 2.03. The molecule has 62 valence electrons. The summed E-state index contributed by atoms with van der Waals surface area (Å²) in [6, 6.07) is 0.981. The second-order valence-corrected chi connectivity index (χ2v) is 1.79. The molecule has 0 aromatic carbocycles. The molecule has 0 aliphatic carbocycles. The van der Waals surface area contributed by atoms with Crippen molar-refractivity contribution in [2.24, 2.45) is 5.73 Å². The Balaban J connectivity index is 0.000001000. The van der Waals surface area contributed by atoms with E-state index >= 15 is 0 Å². The Hall–Kier alpha value is -0.740. The van der Waals surface area contributed by atoms with Gasteiger partial charge in [0.2, 0.25) is 0 Å². The maximum absolute atomic E-state index is 12.3. The predicted molar refractivity (Wildman–Crippen MR) is 39.3 cm³/mol. The van der Waals surface area contributed by atoms with Crippen molar-refractivity contribution < 1.29 is 8.78 Å². The molecule has 0 bridgehead atoms. The summed E-state index contributed by atoms with van der Waals surface area (Å²) < 4.78 is 24.5. The second-order valence-electron chi connectivity index (χ2n) is 1.79. The van der Waals surface area contributed by atoms with Crippen molar-refractivity contribution in [1.82, 2.24) is 4.98 Å². The van der Waals surface area contributed by atoms with E-state index in [1.807, 2.05) is 0 Å². The summed E-state index contributed by atoms with van der Waals surface area (Å²) in [5.41, 5.74) is 5.46. The van der Waals surface area contributed by atoms with Crippen molar-refractivity contribution in [3.05, 3.63) is 29.6 Å². The topological polar surface area (TPSA) is 38.9 Å². The molecule has 0 saturated heterocycles. The number of halogens is 3. The van der Waals surface area contributed by atoms with E-state index < -0.39 is 11.6 Å². The van der Waals surface area contributed by atoms with Crippen LogP contribution in [0, 0.1) is 11.6 Å². The summed E-state index contributed by atoms with van der Waals surface area (Å²) in [7, 11) is 0. The zero-order valence-corrected chi connectivity index (χ0v) is 6.37. The Morgan fingerprint density at radius 1 is 1.36 bits per heavy atom. The molecule has 0 aliphatic heterocycles. The third-order valence-electron chi connectivity index (χ3n) is 1.07. The van der Waals surface area contributed by atoms with E-state index in [9.17, 15) is 8.78 Å². The predicted octanol–water partition coefficient (Wildman–Crippen LogP) is 1.24. The van der Waals surface area contributed by atoms with Gasteiger partial charge in [-0.15, -0.1) is 12.4 Å². The van der Waals surface area contributed by atoms with Crippen LogP contribution in [-0.2, 0) is 6.54 Å². The third-order valence-corrected chi connectivity index (χ3v) is 1.07. The van der Waals surface area contributed by atoms with Crippen molar-refractivity contribution >= 4 is 12.4 Å². The van der Waals surface area contributed by atoms with Crippen molar-refractivity contribution in [3.8, 4) is 0 Å². The number of hydrogen-bond acceptors (Lipinski definition) is 2. The van der Waals surface area contributed by atoms with E-state index in [-0.39, 0.29) is 19.0 Å². The number of rotatable bonds is 1. The van der Waals surface area contributed by atoms with Crippen LogP contribution in [0.4, 0.5) is 8.78 Å². The highest BCUT2D eigenvalue weighted by Gasteiger charge is 2.01. The Morgan fingerprint density at radius 2 is 2.00 bits per heavy atom. The molecule has 1 rings (SSSR count). The van der Waals surface area contributed by atoms with Crippen LogP contribution < -0.4 is 5.73 Å². The highest BCUT2D eigenvalue weighted by molar-refractivity contribution is 5.85. The molecule has 1 heterocycles. The van der Waals surface area contributed by atoms with Crippen molar-refractivity contribution in [1.29, 1.82) is 0 Å². The zero-order valence-electron chi connectivity index (χ0n) is 5.55. The zero-order chi connectivity index (χ0) is 7.56. The summed E-state index contributed by atoms with van der Waals surface area (Å²) in [6.45, 7) is 0.122. The maximum atomic E-state index is 12.3. The van der Waals surface area contributed by atoms with Crippen LogP contribution in [0.1, 0.15) is 5.69 Å². The second kappa shape index (κ2) is 4.20. The largest absolute Gasteiger partial charge is 0.325 e. The number of nitrogens with two attached hydrogens (primary N) is 1.